The molecule has 1 aliphatic rings. The number of nitrogens with one attached hydrogen (secondary N) is 1. The van der Waals surface area contributed by atoms with Gasteiger partial charge in [-0.1, -0.05) is 29.8 Å². The minimum Gasteiger partial charge on any atom is -0.453 e. The van der Waals surface area contributed by atoms with Crippen molar-refractivity contribution in [1.29, 1.82) is 0 Å². The molecule has 0 saturated carbocycles. The van der Waals surface area contributed by atoms with E-state index in [1.165, 1.54) is 18.4 Å². The molecule has 4 aromatic rings. The lowest BCUT2D eigenvalue weighted by Gasteiger charge is -2.25. The summed E-state index contributed by atoms with van der Waals surface area (Å²) < 4.78 is 6.03. The van der Waals surface area contributed by atoms with Crippen molar-refractivity contribution >= 4 is 49.9 Å². The Hall–Kier alpha value is -3.23. The largest absolute Gasteiger partial charge is 0.453 e. The zero-order valence-corrected chi connectivity index (χ0v) is 20.2. The summed E-state index contributed by atoms with van der Waals surface area (Å²) in [6, 6.07) is 13.9. The van der Waals surface area contributed by atoms with Gasteiger partial charge < -0.3 is 15.0 Å². The Morgan fingerprint density at radius 2 is 1.94 bits per heavy atom. The molecule has 2 aromatic heterocycles. The molecule has 0 fully saturated rings. The van der Waals surface area contributed by atoms with E-state index in [1.807, 2.05) is 50.2 Å². The highest BCUT2D eigenvalue weighted by Crippen LogP contribution is 2.46. The number of aromatic nitrogens is 1. The number of amides is 2. The summed E-state index contributed by atoms with van der Waals surface area (Å²) in [6.45, 7) is 4.95. The SMILES string of the molecule is COC(=O)N1CCc2c(sc(NC(=O)c3cc(C)ccc3C)c2-c2nc3ccccc3s2)C1. The molecule has 0 atom stereocenters. The third-order valence-electron chi connectivity index (χ3n) is 5.86. The van der Waals surface area contributed by atoms with E-state index in [-0.39, 0.29) is 12.0 Å². The number of para-hydroxylation sites is 1. The third kappa shape index (κ3) is 4.00. The van der Waals surface area contributed by atoms with Crippen LogP contribution in [0.3, 0.4) is 0 Å². The number of benzene rings is 2. The predicted octanol–water partition coefficient (Wildman–Crippen LogP) is 6.02. The summed E-state index contributed by atoms with van der Waals surface area (Å²) in [5, 5.41) is 4.82. The van der Waals surface area contributed by atoms with Crippen molar-refractivity contribution in [3.8, 4) is 10.6 Å². The maximum Gasteiger partial charge on any atom is 0.409 e. The summed E-state index contributed by atoms with van der Waals surface area (Å²) in [4.78, 5) is 33.0. The number of anilines is 1. The minimum absolute atomic E-state index is 0.137. The van der Waals surface area contributed by atoms with Crippen LogP contribution in [0.5, 0.6) is 0 Å². The number of hydrogen-bond donors (Lipinski definition) is 1. The summed E-state index contributed by atoms with van der Waals surface area (Å²) >= 11 is 3.14. The molecular formula is C25H23N3O3S2. The molecule has 0 aliphatic carbocycles. The van der Waals surface area contributed by atoms with Crippen LogP contribution in [0.25, 0.3) is 20.8 Å². The quantitative estimate of drug-likeness (QED) is 0.392. The number of fused-ring (bicyclic) bond motifs is 2. The van der Waals surface area contributed by atoms with E-state index in [2.05, 4.69) is 11.4 Å². The highest BCUT2D eigenvalue weighted by atomic mass is 32.1. The summed E-state index contributed by atoms with van der Waals surface area (Å²) in [5.74, 6) is -0.137. The van der Waals surface area contributed by atoms with Gasteiger partial charge in [-0.05, 0) is 49.6 Å². The van der Waals surface area contributed by atoms with Crippen molar-refractivity contribution in [2.75, 3.05) is 19.0 Å². The van der Waals surface area contributed by atoms with Crippen LogP contribution in [0.4, 0.5) is 9.80 Å². The van der Waals surface area contributed by atoms with E-state index in [9.17, 15) is 9.59 Å². The van der Waals surface area contributed by atoms with Crippen molar-refractivity contribution in [3.05, 3.63) is 69.6 Å². The number of methoxy groups -OCH3 is 1. The fraction of sp³-hybridized carbons (Fsp3) is 0.240. The molecule has 3 heterocycles. The first-order valence-corrected chi connectivity index (χ1v) is 12.3. The van der Waals surface area contributed by atoms with Gasteiger partial charge in [0.1, 0.15) is 10.0 Å². The summed E-state index contributed by atoms with van der Waals surface area (Å²) in [7, 11) is 1.40. The summed E-state index contributed by atoms with van der Waals surface area (Å²) in [6.07, 6.45) is 0.350. The van der Waals surface area contributed by atoms with Crippen LogP contribution in [0.15, 0.2) is 42.5 Å². The average Bonchev–Trinajstić information content (AvgIpc) is 3.39. The van der Waals surface area contributed by atoms with Gasteiger partial charge in [-0.15, -0.1) is 22.7 Å². The molecule has 0 radical (unpaired) electrons. The number of thiazole rings is 1. The van der Waals surface area contributed by atoms with Crippen LogP contribution in [0.2, 0.25) is 0 Å². The van der Waals surface area contributed by atoms with Crippen molar-refractivity contribution < 1.29 is 14.3 Å². The Labute approximate surface area is 199 Å². The number of rotatable bonds is 3. The van der Waals surface area contributed by atoms with E-state index < -0.39 is 0 Å². The van der Waals surface area contributed by atoms with Crippen LogP contribution >= 0.6 is 22.7 Å². The van der Waals surface area contributed by atoms with Crippen LogP contribution in [0, 0.1) is 13.8 Å². The molecule has 0 saturated heterocycles. The Morgan fingerprint density at radius 1 is 1.12 bits per heavy atom. The van der Waals surface area contributed by atoms with Gasteiger partial charge in [-0.2, -0.15) is 0 Å². The van der Waals surface area contributed by atoms with Crippen LogP contribution in [-0.4, -0.2) is 35.5 Å². The number of carbonyl (C=O) groups is 2. The lowest BCUT2D eigenvalue weighted by atomic mass is 10.0. The minimum atomic E-state index is -0.337. The van der Waals surface area contributed by atoms with Gasteiger partial charge in [0, 0.05) is 22.5 Å². The number of aryl methyl sites for hydroxylation is 2. The van der Waals surface area contributed by atoms with Crippen molar-refractivity contribution in [1.82, 2.24) is 9.88 Å². The summed E-state index contributed by atoms with van der Waals surface area (Å²) in [5.41, 5.74) is 5.69. The van der Waals surface area contributed by atoms with Gasteiger partial charge in [0.05, 0.1) is 23.9 Å². The number of nitrogens with zero attached hydrogens (tertiary/aromatic N) is 2. The number of hydrogen-bond acceptors (Lipinski definition) is 6. The third-order valence-corrected chi connectivity index (χ3v) is 8.05. The molecule has 6 nitrogen and oxygen atoms in total. The molecule has 168 valence electrons. The first kappa shape index (κ1) is 21.6. The first-order valence-electron chi connectivity index (χ1n) is 10.7. The zero-order valence-electron chi connectivity index (χ0n) is 18.6. The van der Waals surface area contributed by atoms with E-state index in [4.69, 9.17) is 9.72 Å². The van der Waals surface area contributed by atoms with Gasteiger partial charge in [0.15, 0.2) is 0 Å². The average molecular weight is 478 g/mol. The lowest BCUT2D eigenvalue weighted by molar-refractivity contribution is 0.102. The van der Waals surface area contributed by atoms with Crippen LogP contribution < -0.4 is 5.32 Å². The van der Waals surface area contributed by atoms with E-state index in [0.29, 0.717) is 25.1 Å². The first-order chi connectivity index (χ1) is 15.9. The van der Waals surface area contributed by atoms with Gasteiger partial charge in [0.25, 0.3) is 5.91 Å². The van der Waals surface area contributed by atoms with Crippen molar-refractivity contribution in [2.24, 2.45) is 0 Å². The predicted molar refractivity (Wildman–Crippen MR) is 133 cm³/mol. The second kappa shape index (κ2) is 8.61. The van der Waals surface area contributed by atoms with E-state index in [0.717, 1.165) is 47.4 Å². The normalized spacial score (nSPS) is 13.1. The second-order valence-corrected chi connectivity index (χ2v) is 10.2. The van der Waals surface area contributed by atoms with Crippen molar-refractivity contribution in [3.63, 3.8) is 0 Å². The Bertz CT molecular complexity index is 1360. The van der Waals surface area contributed by atoms with E-state index >= 15 is 0 Å². The fourth-order valence-electron chi connectivity index (χ4n) is 4.13. The van der Waals surface area contributed by atoms with Gasteiger partial charge in [-0.25, -0.2) is 9.78 Å². The molecule has 2 amide bonds. The lowest BCUT2D eigenvalue weighted by Crippen LogP contribution is -2.35. The molecule has 8 heteroatoms. The molecule has 2 aromatic carbocycles. The Balaban J connectivity index is 1.59. The molecule has 33 heavy (non-hydrogen) atoms. The second-order valence-electron chi connectivity index (χ2n) is 8.11. The van der Waals surface area contributed by atoms with Crippen LogP contribution in [-0.2, 0) is 17.7 Å². The monoisotopic (exact) mass is 477 g/mol. The molecule has 0 unspecified atom stereocenters. The number of carbonyl (C=O) groups excluding carboxylic acids is 2. The highest BCUT2D eigenvalue weighted by Gasteiger charge is 2.30. The highest BCUT2D eigenvalue weighted by molar-refractivity contribution is 7.23. The Morgan fingerprint density at radius 3 is 2.73 bits per heavy atom. The van der Waals surface area contributed by atoms with Crippen LogP contribution in [0.1, 0.15) is 31.9 Å². The fourth-order valence-corrected chi connectivity index (χ4v) is 6.50. The number of ether oxygens (including phenoxy) is 1. The topological polar surface area (TPSA) is 71.5 Å². The van der Waals surface area contributed by atoms with Gasteiger partial charge in [-0.3, -0.25) is 4.79 Å². The molecular weight excluding hydrogens is 454 g/mol. The molecule has 1 N–H and O–H groups in total. The van der Waals surface area contributed by atoms with Gasteiger partial charge >= 0.3 is 6.09 Å². The maximum atomic E-state index is 13.3. The molecule has 5 rings (SSSR count). The number of thiophene rings is 1. The van der Waals surface area contributed by atoms with Gasteiger partial charge in [0.2, 0.25) is 0 Å². The molecule has 0 spiro atoms. The van der Waals surface area contributed by atoms with Crippen molar-refractivity contribution in [2.45, 2.75) is 26.8 Å². The standard InChI is InChI=1S/C25H23N3O3S2/c1-14-8-9-15(2)17(12-14)22(29)27-24-21(23-26-18-6-4-5-7-19(18)32-23)16-10-11-28(25(30)31-3)13-20(16)33-24/h4-9,12H,10-11,13H2,1-3H3,(H,27,29). The Kier molecular flexibility index (Phi) is 5.64. The maximum absolute atomic E-state index is 13.3. The molecule has 1 aliphatic heterocycles. The smallest absolute Gasteiger partial charge is 0.409 e. The molecule has 0 bridgehead atoms. The van der Waals surface area contributed by atoms with E-state index in [1.54, 1.807) is 16.2 Å². The zero-order chi connectivity index (χ0) is 23.1.